The monoisotopic (exact) mass is 267 g/mol. The van der Waals surface area contributed by atoms with Crippen LogP contribution in [0, 0.1) is 0 Å². The first kappa shape index (κ1) is 11.6. The third-order valence-corrected chi connectivity index (χ3v) is 4.10. The first-order valence-corrected chi connectivity index (χ1v) is 7.03. The highest BCUT2D eigenvalue weighted by atomic mass is 16.3. The van der Waals surface area contributed by atoms with Gasteiger partial charge in [0.15, 0.2) is 0 Å². The van der Waals surface area contributed by atoms with E-state index in [1.807, 2.05) is 12.3 Å². The molecule has 1 N–H and O–H groups in total. The van der Waals surface area contributed by atoms with E-state index in [1.54, 1.807) is 6.08 Å². The Labute approximate surface area is 117 Å². The van der Waals surface area contributed by atoms with E-state index < -0.39 is 0 Å². The quantitative estimate of drug-likeness (QED) is 0.908. The molecule has 2 aliphatic rings. The molecule has 0 saturated heterocycles. The Morgan fingerprint density at radius 3 is 2.85 bits per heavy atom. The molecule has 4 heteroatoms. The second-order valence-corrected chi connectivity index (χ2v) is 5.57. The van der Waals surface area contributed by atoms with Crippen molar-refractivity contribution < 1.29 is 5.11 Å². The highest BCUT2D eigenvalue weighted by Crippen LogP contribution is 2.40. The summed E-state index contributed by atoms with van der Waals surface area (Å²) in [5, 5.41) is 9.39. The summed E-state index contributed by atoms with van der Waals surface area (Å²) in [6.45, 7) is 0.696. The van der Waals surface area contributed by atoms with Crippen LogP contribution in [0.4, 0.5) is 5.69 Å². The third kappa shape index (κ3) is 1.80. The molecule has 1 aromatic carbocycles. The second kappa shape index (κ2) is 4.13. The number of nitrogens with zero attached hydrogens (tertiary/aromatic N) is 3. The molecule has 1 aromatic heterocycles. The lowest BCUT2D eigenvalue weighted by Crippen LogP contribution is -2.18. The molecule has 4 nitrogen and oxygen atoms in total. The van der Waals surface area contributed by atoms with Gasteiger partial charge in [0.05, 0.1) is 11.0 Å². The summed E-state index contributed by atoms with van der Waals surface area (Å²) in [5.74, 6) is 2.20. The minimum Gasteiger partial charge on any atom is -0.508 e. The van der Waals surface area contributed by atoms with Gasteiger partial charge in [-0.2, -0.15) is 0 Å². The summed E-state index contributed by atoms with van der Waals surface area (Å²) in [6.07, 6.45) is 7.97. The van der Waals surface area contributed by atoms with Crippen LogP contribution in [0.25, 0.3) is 11.0 Å². The van der Waals surface area contributed by atoms with Gasteiger partial charge in [0.1, 0.15) is 11.6 Å². The fraction of sp³-hybridized carbons (Fsp3) is 0.312. The summed E-state index contributed by atoms with van der Waals surface area (Å²) in [7, 11) is 2.10. The van der Waals surface area contributed by atoms with Gasteiger partial charge < -0.3 is 14.6 Å². The Bertz CT molecular complexity index is 738. The molecule has 20 heavy (non-hydrogen) atoms. The van der Waals surface area contributed by atoms with Crippen LogP contribution in [0.5, 0.6) is 0 Å². The fourth-order valence-electron chi connectivity index (χ4n) is 2.76. The van der Waals surface area contributed by atoms with Crippen molar-refractivity contribution in [3.63, 3.8) is 0 Å². The number of allylic oxidation sites excluding steroid dienone is 1. The maximum absolute atomic E-state index is 9.39. The SMILES string of the molecule is Cn1c(C2CC2)nc2ccc(N3C=CC(O)=CC3)cc21. The molecule has 2 heterocycles. The number of hydrogen-bond donors (Lipinski definition) is 1. The maximum atomic E-state index is 9.39. The number of anilines is 1. The molecular formula is C16H17N3O. The lowest BCUT2D eigenvalue weighted by Gasteiger charge is -2.21. The standard InChI is InChI=1S/C16H17N3O/c1-18-15-10-12(19-8-6-13(20)7-9-19)4-5-14(15)17-16(18)11-2-3-11/h4-8,10-11,20H,2-3,9H2,1H3. The average Bonchev–Trinajstić information content (AvgIpc) is 3.25. The minimum atomic E-state index is 0.332. The van der Waals surface area contributed by atoms with Gasteiger partial charge in [-0.05, 0) is 43.2 Å². The van der Waals surface area contributed by atoms with Crippen LogP contribution in [-0.2, 0) is 7.05 Å². The number of aromatic nitrogens is 2. The number of fused-ring (bicyclic) bond motifs is 1. The normalized spacial score (nSPS) is 18.6. The molecule has 0 bridgehead atoms. The molecule has 4 rings (SSSR count). The molecular weight excluding hydrogens is 250 g/mol. The van der Waals surface area contributed by atoms with Crippen LogP contribution in [0.15, 0.2) is 42.3 Å². The topological polar surface area (TPSA) is 41.3 Å². The molecule has 1 fully saturated rings. The van der Waals surface area contributed by atoms with Crippen molar-refractivity contribution in [3.8, 4) is 0 Å². The molecule has 0 radical (unpaired) electrons. The van der Waals surface area contributed by atoms with E-state index in [0.29, 0.717) is 18.2 Å². The van der Waals surface area contributed by atoms with Crippen LogP contribution < -0.4 is 4.90 Å². The van der Waals surface area contributed by atoms with Gasteiger partial charge in [0.2, 0.25) is 0 Å². The Balaban J connectivity index is 1.75. The lowest BCUT2D eigenvalue weighted by atomic mass is 10.2. The highest BCUT2D eigenvalue weighted by Gasteiger charge is 2.28. The predicted molar refractivity (Wildman–Crippen MR) is 79.9 cm³/mol. The minimum absolute atomic E-state index is 0.332. The largest absolute Gasteiger partial charge is 0.508 e. The summed E-state index contributed by atoms with van der Waals surface area (Å²) in [4.78, 5) is 6.86. The molecule has 1 saturated carbocycles. The van der Waals surface area contributed by atoms with Crippen LogP contribution >= 0.6 is 0 Å². The van der Waals surface area contributed by atoms with Crippen molar-refractivity contribution in [3.05, 3.63) is 48.1 Å². The summed E-state index contributed by atoms with van der Waals surface area (Å²) >= 11 is 0. The number of aliphatic hydroxyl groups excluding tert-OH is 1. The molecule has 0 amide bonds. The van der Waals surface area contributed by atoms with E-state index in [9.17, 15) is 5.11 Å². The van der Waals surface area contributed by atoms with Gasteiger partial charge in [-0.3, -0.25) is 0 Å². The molecule has 2 aromatic rings. The number of imidazole rings is 1. The molecule has 0 unspecified atom stereocenters. The number of benzene rings is 1. The van der Waals surface area contributed by atoms with Gasteiger partial charge in [-0.1, -0.05) is 0 Å². The zero-order chi connectivity index (χ0) is 13.7. The van der Waals surface area contributed by atoms with Crippen molar-refractivity contribution in [2.24, 2.45) is 7.05 Å². The first-order chi connectivity index (χ1) is 9.72. The van der Waals surface area contributed by atoms with E-state index in [-0.39, 0.29) is 0 Å². The van der Waals surface area contributed by atoms with Crippen molar-refractivity contribution in [1.82, 2.24) is 9.55 Å². The zero-order valence-corrected chi connectivity index (χ0v) is 11.5. The van der Waals surface area contributed by atoms with Crippen molar-refractivity contribution in [1.29, 1.82) is 0 Å². The summed E-state index contributed by atoms with van der Waals surface area (Å²) in [6, 6.07) is 6.35. The predicted octanol–water partition coefficient (Wildman–Crippen LogP) is 3.23. The van der Waals surface area contributed by atoms with E-state index in [1.165, 1.54) is 24.2 Å². The Morgan fingerprint density at radius 2 is 2.15 bits per heavy atom. The Hall–Kier alpha value is -2.23. The van der Waals surface area contributed by atoms with E-state index >= 15 is 0 Å². The molecule has 102 valence electrons. The van der Waals surface area contributed by atoms with Crippen LogP contribution in [0.3, 0.4) is 0 Å². The van der Waals surface area contributed by atoms with E-state index in [0.717, 1.165) is 11.2 Å². The van der Waals surface area contributed by atoms with Crippen LogP contribution in [-0.4, -0.2) is 21.2 Å². The smallest absolute Gasteiger partial charge is 0.114 e. The van der Waals surface area contributed by atoms with Gasteiger partial charge >= 0.3 is 0 Å². The van der Waals surface area contributed by atoms with Crippen molar-refractivity contribution >= 4 is 16.7 Å². The molecule has 0 atom stereocenters. The van der Waals surface area contributed by atoms with Crippen LogP contribution in [0.1, 0.15) is 24.6 Å². The summed E-state index contributed by atoms with van der Waals surface area (Å²) < 4.78 is 2.22. The maximum Gasteiger partial charge on any atom is 0.114 e. The fourth-order valence-corrected chi connectivity index (χ4v) is 2.76. The highest BCUT2D eigenvalue weighted by molar-refractivity contribution is 5.81. The van der Waals surface area contributed by atoms with Gasteiger partial charge in [0.25, 0.3) is 0 Å². The summed E-state index contributed by atoms with van der Waals surface area (Å²) in [5.41, 5.74) is 3.37. The van der Waals surface area contributed by atoms with Gasteiger partial charge in [-0.15, -0.1) is 0 Å². The number of aryl methyl sites for hydroxylation is 1. The van der Waals surface area contributed by atoms with Gasteiger partial charge in [0, 0.05) is 31.4 Å². The van der Waals surface area contributed by atoms with Crippen molar-refractivity contribution in [2.45, 2.75) is 18.8 Å². The second-order valence-electron chi connectivity index (χ2n) is 5.57. The molecule has 0 spiro atoms. The first-order valence-electron chi connectivity index (χ1n) is 7.03. The number of hydrogen-bond acceptors (Lipinski definition) is 3. The zero-order valence-electron chi connectivity index (χ0n) is 11.5. The Morgan fingerprint density at radius 1 is 1.30 bits per heavy atom. The lowest BCUT2D eigenvalue weighted by molar-refractivity contribution is 0.428. The molecule has 1 aliphatic heterocycles. The van der Waals surface area contributed by atoms with Gasteiger partial charge in [-0.25, -0.2) is 4.98 Å². The average molecular weight is 267 g/mol. The Kier molecular flexibility index (Phi) is 2.39. The van der Waals surface area contributed by atoms with Crippen molar-refractivity contribution in [2.75, 3.05) is 11.4 Å². The van der Waals surface area contributed by atoms with E-state index in [4.69, 9.17) is 4.98 Å². The van der Waals surface area contributed by atoms with E-state index in [2.05, 4.69) is 34.7 Å². The third-order valence-electron chi connectivity index (χ3n) is 4.10. The number of rotatable bonds is 2. The van der Waals surface area contributed by atoms with Crippen LogP contribution in [0.2, 0.25) is 0 Å². The number of aliphatic hydroxyl groups is 1. The molecule has 1 aliphatic carbocycles.